The summed E-state index contributed by atoms with van der Waals surface area (Å²) in [6, 6.07) is 21.9. The summed E-state index contributed by atoms with van der Waals surface area (Å²) in [5, 5.41) is 0. The molecule has 0 saturated heterocycles. The highest BCUT2D eigenvalue weighted by Crippen LogP contribution is 2.59. The summed E-state index contributed by atoms with van der Waals surface area (Å²) in [5.41, 5.74) is 2.90. The predicted octanol–water partition coefficient (Wildman–Crippen LogP) is 7.81. The number of hydrogen-bond donors (Lipinski definition) is 0. The number of aryl methyl sites for hydroxylation is 1. The molecule has 0 amide bonds. The second-order valence-corrected chi connectivity index (χ2v) is 9.93. The van der Waals surface area contributed by atoms with Crippen molar-refractivity contribution in [2.24, 2.45) is 17.3 Å². The van der Waals surface area contributed by atoms with Gasteiger partial charge in [0.15, 0.2) is 0 Å². The van der Waals surface area contributed by atoms with Crippen LogP contribution in [0, 0.1) is 24.2 Å². The molecule has 3 aromatic carbocycles. The van der Waals surface area contributed by atoms with Crippen molar-refractivity contribution in [1.82, 2.24) is 0 Å². The third kappa shape index (κ3) is 5.48. The van der Waals surface area contributed by atoms with Gasteiger partial charge in [0.1, 0.15) is 6.61 Å². The average Bonchev–Trinajstić information content (AvgIpc) is 3.40. The Balaban J connectivity index is 1.38. The largest absolute Gasteiger partial charge is 0.461 e. The van der Waals surface area contributed by atoms with E-state index in [2.05, 4.69) is 4.90 Å². The van der Waals surface area contributed by atoms with Crippen molar-refractivity contribution < 1.29 is 22.7 Å². The van der Waals surface area contributed by atoms with Gasteiger partial charge in [0.2, 0.25) is 0 Å². The van der Waals surface area contributed by atoms with E-state index >= 15 is 0 Å². The maximum Gasteiger partial charge on any atom is 0.416 e. The Bertz CT molecular complexity index is 1260. The molecule has 0 spiro atoms. The zero-order valence-electron chi connectivity index (χ0n) is 20.8. The number of alkyl halides is 3. The number of benzene rings is 3. The van der Waals surface area contributed by atoms with Gasteiger partial charge in [-0.2, -0.15) is 13.2 Å². The summed E-state index contributed by atoms with van der Waals surface area (Å²) in [7, 11) is 1.99. The molecule has 1 aliphatic carbocycles. The van der Waals surface area contributed by atoms with Crippen LogP contribution in [-0.2, 0) is 22.3 Å². The molecule has 0 radical (unpaired) electrons. The topological polar surface area (TPSA) is 29.5 Å². The number of carbonyl (C=O) groups excluding carboxylic acids is 1. The quantitative estimate of drug-likeness (QED) is 0.314. The Kier molecular flexibility index (Phi) is 6.98. The molecule has 0 N–H and O–H groups in total. The Hall–Kier alpha value is -3.54. The summed E-state index contributed by atoms with van der Waals surface area (Å²) < 4.78 is 44.7. The van der Waals surface area contributed by atoms with Crippen LogP contribution in [0.3, 0.4) is 0 Å². The second kappa shape index (κ2) is 9.84. The molecule has 0 aromatic heterocycles. The van der Waals surface area contributed by atoms with Crippen molar-refractivity contribution in [1.29, 1.82) is 0 Å². The van der Waals surface area contributed by atoms with Crippen LogP contribution in [0.1, 0.15) is 36.1 Å². The summed E-state index contributed by atoms with van der Waals surface area (Å²) in [4.78, 5) is 14.9. The molecule has 1 fully saturated rings. The van der Waals surface area contributed by atoms with Crippen LogP contribution in [0.25, 0.3) is 6.08 Å². The van der Waals surface area contributed by atoms with Crippen molar-refractivity contribution >= 4 is 23.4 Å². The van der Waals surface area contributed by atoms with Gasteiger partial charge in [-0.15, -0.1) is 0 Å². The van der Waals surface area contributed by atoms with Crippen LogP contribution in [0.15, 0.2) is 78.9 Å². The van der Waals surface area contributed by atoms with Crippen LogP contribution in [0.4, 0.5) is 24.5 Å². The highest BCUT2D eigenvalue weighted by atomic mass is 19.4. The lowest BCUT2D eigenvalue weighted by atomic mass is 10.0. The van der Waals surface area contributed by atoms with E-state index in [1.807, 2.05) is 81.6 Å². The molecule has 36 heavy (non-hydrogen) atoms. The SMILES string of the molecule is Cc1cc(C=CC2C(C(=O)OCc3cccc(N(C)c4ccccc4)c3)C2(C)C)ccc1C(F)(F)F. The van der Waals surface area contributed by atoms with Crippen molar-refractivity contribution in [3.63, 3.8) is 0 Å². The van der Waals surface area contributed by atoms with Crippen LogP contribution in [0.2, 0.25) is 0 Å². The molecule has 188 valence electrons. The predicted molar refractivity (Wildman–Crippen MR) is 137 cm³/mol. The third-order valence-electron chi connectivity index (χ3n) is 7.04. The fourth-order valence-electron chi connectivity index (χ4n) is 4.71. The first-order chi connectivity index (χ1) is 17.0. The average molecular weight is 494 g/mol. The molecule has 1 aliphatic rings. The minimum Gasteiger partial charge on any atom is -0.461 e. The summed E-state index contributed by atoms with van der Waals surface area (Å²) in [6.07, 6.45) is -0.671. The molecule has 3 nitrogen and oxygen atoms in total. The number of anilines is 2. The van der Waals surface area contributed by atoms with E-state index in [1.165, 1.54) is 19.1 Å². The van der Waals surface area contributed by atoms with Crippen LogP contribution in [0.5, 0.6) is 0 Å². The van der Waals surface area contributed by atoms with Crippen molar-refractivity contribution in [3.8, 4) is 0 Å². The molecule has 3 aromatic rings. The molecule has 2 atom stereocenters. The number of rotatable bonds is 7. The van der Waals surface area contributed by atoms with E-state index in [4.69, 9.17) is 4.74 Å². The zero-order valence-corrected chi connectivity index (χ0v) is 20.8. The van der Waals surface area contributed by atoms with Gasteiger partial charge in [-0.25, -0.2) is 0 Å². The van der Waals surface area contributed by atoms with E-state index in [0.29, 0.717) is 5.56 Å². The molecule has 0 heterocycles. The van der Waals surface area contributed by atoms with Crippen molar-refractivity contribution in [2.75, 3.05) is 11.9 Å². The van der Waals surface area contributed by atoms with Crippen molar-refractivity contribution in [3.05, 3.63) is 101 Å². The maximum atomic E-state index is 13.0. The molecule has 2 unspecified atom stereocenters. The van der Waals surface area contributed by atoms with Gasteiger partial charge >= 0.3 is 12.1 Å². The number of halogens is 3. The number of carbonyl (C=O) groups is 1. The molecular weight excluding hydrogens is 463 g/mol. The summed E-state index contributed by atoms with van der Waals surface area (Å²) in [6.45, 7) is 5.63. The molecule has 0 aliphatic heterocycles. The van der Waals surface area contributed by atoms with Gasteiger partial charge in [-0.05, 0) is 65.3 Å². The molecule has 1 saturated carbocycles. The van der Waals surface area contributed by atoms with Crippen LogP contribution < -0.4 is 4.90 Å². The number of hydrogen-bond acceptors (Lipinski definition) is 3. The zero-order chi connectivity index (χ0) is 26.1. The Morgan fingerprint density at radius 2 is 1.69 bits per heavy atom. The minimum absolute atomic E-state index is 0.0388. The standard InChI is InChI=1S/C30H30F3NO2/c1-20-17-21(13-15-25(20)30(31,32)33)14-16-26-27(29(26,2)3)28(35)36-19-22-9-8-12-24(18-22)34(4)23-10-6-5-7-11-23/h5-18,26-27H,19H2,1-4H3. The fourth-order valence-corrected chi connectivity index (χ4v) is 4.71. The van der Waals surface area contributed by atoms with Gasteiger partial charge in [0, 0.05) is 18.4 Å². The van der Waals surface area contributed by atoms with E-state index in [9.17, 15) is 18.0 Å². The van der Waals surface area contributed by atoms with E-state index in [1.54, 1.807) is 6.08 Å². The Morgan fingerprint density at radius 3 is 2.36 bits per heavy atom. The minimum atomic E-state index is -4.36. The molecule has 0 bridgehead atoms. The third-order valence-corrected chi connectivity index (χ3v) is 7.04. The van der Waals surface area contributed by atoms with Crippen LogP contribution in [-0.4, -0.2) is 13.0 Å². The number of allylic oxidation sites excluding steroid dienone is 1. The van der Waals surface area contributed by atoms with Crippen LogP contribution >= 0.6 is 0 Å². The first-order valence-electron chi connectivity index (χ1n) is 11.9. The van der Waals surface area contributed by atoms with E-state index in [-0.39, 0.29) is 35.4 Å². The first kappa shape index (κ1) is 25.5. The number of nitrogens with zero attached hydrogens (tertiary/aromatic N) is 1. The van der Waals surface area contributed by atoms with Gasteiger partial charge in [-0.1, -0.05) is 68.5 Å². The van der Waals surface area contributed by atoms with Gasteiger partial charge in [0.05, 0.1) is 11.5 Å². The van der Waals surface area contributed by atoms with Crippen molar-refractivity contribution in [2.45, 2.75) is 33.6 Å². The lowest BCUT2D eigenvalue weighted by Crippen LogP contribution is -2.12. The monoisotopic (exact) mass is 493 g/mol. The van der Waals surface area contributed by atoms with Gasteiger partial charge in [0.25, 0.3) is 0 Å². The lowest BCUT2D eigenvalue weighted by Gasteiger charge is -2.20. The lowest BCUT2D eigenvalue weighted by molar-refractivity contribution is -0.147. The van der Waals surface area contributed by atoms with Gasteiger partial charge in [-0.3, -0.25) is 4.79 Å². The first-order valence-corrected chi connectivity index (χ1v) is 11.9. The number of ether oxygens (including phenoxy) is 1. The Morgan fingerprint density at radius 1 is 1.00 bits per heavy atom. The van der Waals surface area contributed by atoms with E-state index < -0.39 is 11.7 Å². The van der Waals surface area contributed by atoms with Gasteiger partial charge < -0.3 is 9.64 Å². The highest BCUT2D eigenvalue weighted by molar-refractivity contribution is 5.79. The van der Waals surface area contributed by atoms with E-state index in [0.717, 1.165) is 23.0 Å². The molecule has 4 rings (SSSR count). The molecule has 6 heteroatoms. The fraction of sp³-hybridized carbons (Fsp3) is 0.300. The smallest absolute Gasteiger partial charge is 0.416 e. The molecular formula is C30H30F3NO2. The summed E-state index contributed by atoms with van der Waals surface area (Å²) >= 11 is 0. The Labute approximate surface area is 210 Å². The summed E-state index contributed by atoms with van der Waals surface area (Å²) in [5.74, 6) is -0.595. The highest BCUT2D eigenvalue weighted by Gasteiger charge is 2.61. The number of para-hydroxylation sites is 1. The normalized spacial score (nSPS) is 18.8. The maximum absolute atomic E-state index is 13.0. The number of esters is 1. The second-order valence-electron chi connectivity index (χ2n) is 9.93.